The zero-order valence-corrected chi connectivity index (χ0v) is 12.0. The van der Waals surface area contributed by atoms with Gasteiger partial charge >= 0.3 is 5.97 Å². The fourth-order valence-corrected chi connectivity index (χ4v) is 3.05. The molecule has 0 fully saturated rings. The minimum Gasteiger partial charge on any atom is -0.476 e. The van der Waals surface area contributed by atoms with Crippen LogP contribution in [0, 0.1) is 13.8 Å². The van der Waals surface area contributed by atoms with Crippen molar-refractivity contribution in [3.8, 4) is 0 Å². The molecule has 19 heavy (non-hydrogen) atoms. The number of carbonyl (C=O) groups excluding carboxylic acids is 1. The zero-order chi connectivity index (χ0) is 14.0. The van der Waals surface area contributed by atoms with E-state index in [1.165, 1.54) is 28.1 Å². The smallest absolute Gasteiger partial charge is 0.355 e. The van der Waals surface area contributed by atoms with Crippen LogP contribution in [0.4, 0.5) is 0 Å². The third-order valence-corrected chi connectivity index (χ3v) is 4.56. The molecule has 0 saturated carbocycles. The summed E-state index contributed by atoms with van der Waals surface area (Å²) in [5.41, 5.74) is 1.65. The highest BCUT2D eigenvalue weighted by molar-refractivity contribution is 7.10. The number of aromatic carboxylic acids is 1. The van der Waals surface area contributed by atoms with Gasteiger partial charge in [0.05, 0.1) is 12.1 Å². The second-order valence-corrected chi connectivity index (χ2v) is 5.97. The van der Waals surface area contributed by atoms with Crippen LogP contribution in [0.15, 0.2) is 10.8 Å². The Labute approximate surface area is 117 Å². The number of amides is 1. The van der Waals surface area contributed by atoms with Crippen molar-refractivity contribution in [3.63, 3.8) is 0 Å². The van der Waals surface area contributed by atoms with Gasteiger partial charge in [-0.1, -0.05) is 0 Å². The summed E-state index contributed by atoms with van der Waals surface area (Å²) in [5.74, 6) is -1.22. The maximum absolute atomic E-state index is 11.9. The second-order valence-electron chi connectivity index (χ2n) is 3.94. The Kier molecular flexibility index (Phi) is 3.96. The highest BCUT2D eigenvalue weighted by Crippen LogP contribution is 2.20. The summed E-state index contributed by atoms with van der Waals surface area (Å²) in [7, 11) is 0. The summed E-state index contributed by atoms with van der Waals surface area (Å²) >= 11 is 2.76. The van der Waals surface area contributed by atoms with Gasteiger partial charge in [0, 0.05) is 15.6 Å². The number of carboxylic acid groups (broad SMARTS) is 1. The lowest BCUT2D eigenvalue weighted by Crippen LogP contribution is -2.23. The van der Waals surface area contributed by atoms with Gasteiger partial charge < -0.3 is 10.4 Å². The minimum atomic E-state index is -1.06. The maximum atomic E-state index is 11.9. The van der Waals surface area contributed by atoms with Gasteiger partial charge in [-0.3, -0.25) is 4.79 Å². The van der Waals surface area contributed by atoms with Crippen molar-refractivity contribution in [2.24, 2.45) is 0 Å². The van der Waals surface area contributed by atoms with Crippen molar-refractivity contribution >= 4 is 34.6 Å². The number of thiophene rings is 1. The summed E-state index contributed by atoms with van der Waals surface area (Å²) in [6, 6.07) is 0. The Balaban J connectivity index is 2.00. The van der Waals surface area contributed by atoms with E-state index in [-0.39, 0.29) is 18.1 Å². The van der Waals surface area contributed by atoms with E-state index in [4.69, 9.17) is 5.11 Å². The van der Waals surface area contributed by atoms with Crippen LogP contribution in [0.25, 0.3) is 0 Å². The Morgan fingerprint density at radius 1 is 1.32 bits per heavy atom. The van der Waals surface area contributed by atoms with E-state index in [0.717, 1.165) is 10.4 Å². The third-order valence-electron chi connectivity index (χ3n) is 2.70. The quantitative estimate of drug-likeness (QED) is 0.908. The van der Waals surface area contributed by atoms with Gasteiger partial charge in [0.1, 0.15) is 5.01 Å². The molecule has 0 aliphatic carbocycles. The molecule has 0 aliphatic heterocycles. The lowest BCUT2D eigenvalue weighted by atomic mass is 10.2. The number of nitrogens with one attached hydrogen (secondary N) is 1. The van der Waals surface area contributed by atoms with Crippen LogP contribution in [0.1, 0.15) is 36.3 Å². The van der Waals surface area contributed by atoms with Crippen molar-refractivity contribution in [2.45, 2.75) is 20.4 Å². The average Bonchev–Trinajstić information content (AvgIpc) is 2.95. The summed E-state index contributed by atoms with van der Waals surface area (Å²) in [6.45, 7) is 4.12. The van der Waals surface area contributed by atoms with Crippen LogP contribution < -0.4 is 5.32 Å². The Hall–Kier alpha value is -1.73. The van der Waals surface area contributed by atoms with Gasteiger partial charge in [0.2, 0.25) is 0 Å². The monoisotopic (exact) mass is 296 g/mol. The minimum absolute atomic E-state index is 0.0109. The molecule has 7 heteroatoms. The largest absolute Gasteiger partial charge is 0.476 e. The number of carbonyl (C=O) groups is 2. The highest BCUT2D eigenvalue weighted by atomic mass is 32.1. The standard InChI is InChI=1S/C12H12N2O3S2/c1-6-7(2)18-4-8(6)11(15)13-3-10-14-9(5-19-10)12(16)17/h4-5H,3H2,1-2H3,(H,13,15)(H,16,17). The number of carboxylic acids is 1. The van der Waals surface area contributed by atoms with E-state index in [1.54, 1.807) is 0 Å². The number of nitrogens with zero attached hydrogens (tertiary/aromatic N) is 1. The van der Waals surface area contributed by atoms with Gasteiger partial charge in [-0.15, -0.1) is 22.7 Å². The molecular weight excluding hydrogens is 284 g/mol. The molecule has 0 unspecified atom stereocenters. The van der Waals surface area contributed by atoms with Crippen LogP contribution in [0.5, 0.6) is 0 Å². The Bertz CT molecular complexity index is 631. The molecule has 0 aliphatic rings. The van der Waals surface area contributed by atoms with Crippen LogP contribution in [0.2, 0.25) is 0 Å². The first-order chi connectivity index (χ1) is 8.99. The summed E-state index contributed by atoms with van der Waals surface area (Å²) in [5, 5.41) is 15.4. The van der Waals surface area contributed by atoms with Gasteiger partial charge in [-0.2, -0.15) is 0 Å². The lowest BCUT2D eigenvalue weighted by Gasteiger charge is -2.02. The maximum Gasteiger partial charge on any atom is 0.355 e. The predicted octanol–water partition coefficient (Wildman–Crippen LogP) is 2.45. The number of aromatic nitrogens is 1. The van der Waals surface area contributed by atoms with Crippen LogP contribution in [-0.4, -0.2) is 22.0 Å². The molecule has 2 aromatic heterocycles. The highest BCUT2D eigenvalue weighted by Gasteiger charge is 2.13. The van der Waals surface area contributed by atoms with E-state index in [0.29, 0.717) is 10.6 Å². The molecule has 1 amide bonds. The van der Waals surface area contributed by atoms with E-state index in [2.05, 4.69) is 10.3 Å². The second kappa shape index (κ2) is 5.50. The lowest BCUT2D eigenvalue weighted by molar-refractivity contribution is 0.0691. The van der Waals surface area contributed by atoms with Gasteiger partial charge in [0.15, 0.2) is 5.69 Å². The van der Waals surface area contributed by atoms with Crippen LogP contribution in [-0.2, 0) is 6.54 Å². The molecule has 100 valence electrons. The fraction of sp³-hybridized carbons (Fsp3) is 0.250. The van der Waals surface area contributed by atoms with Crippen molar-refractivity contribution in [2.75, 3.05) is 0 Å². The Morgan fingerprint density at radius 3 is 2.58 bits per heavy atom. The SMILES string of the molecule is Cc1scc(C(=O)NCc2nc(C(=O)O)cs2)c1C. The van der Waals surface area contributed by atoms with Crippen molar-refractivity contribution in [1.82, 2.24) is 10.3 Å². The number of aryl methyl sites for hydroxylation is 1. The van der Waals surface area contributed by atoms with Crippen molar-refractivity contribution in [1.29, 1.82) is 0 Å². The Morgan fingerprint density at radius 2 is 2.05 bits per heavy atom. The molecule has 2 aromatic rings. The van der Waals surface area contributed by atoms with E-state index >= 15 is 0 Å². The molecule has 2 heterocycles. The molecular formula is C12H12N2O3S2. The molecule has 0 atom stereocenters. The van der Waals surface area contributed by atoms with E-state index in [9.17, 15) is 9.59 Å². The van der Waals surface area contributed by atoms with Crippen molar-refractivity contribution in [3.05, 3.63) is 37.5 Å². The molecule has 5 nitrogen and oxygen atoms in total. The normalized spacial score (nSPS) is 10.4. The van der Waals surface area contributed by atoms with E-state index < -0.39 is 5.97 Å². The first kappa shape index (κ1) is 13.7. The van der Waals surface area contributed by atoms with Crippen molar-refractivity contribution < 1.29 is 14.7 Å². The number of hydrogen-bond donors (Lipinski definition) is 2. The first-order valence-corrected chi connectivity index (χ1v) is 7.25. The summed E-state index contributed by atoms with van der Waals surface area (Å²) < 4.78 is 0. The third kappa shape index (κ3) is 2.99. The van der Waals surface area contributed by atoms with E-state index in [1.807, 2.05) is 19.2 Å². The molecule has 0 radical (unpaired) electrons. The van der Waals surface area contributed by atoms with Crippen LogP contribution >= 0.6 is 22.7 Å². The number of rotatable bonds is 4. The first-order valence-electron chi connectivity index (χ1n) is 5.49. The van der Waals surface area contributed by atoms with Crippen LogP contribution in [0.3, 0.4) is 0 Å². The topological polar surface area (TPSA) is 79.3 Å². The average molecular weight is 296 g/mol. The van der Waals surface area contributed by atoms with Gasteiger partial charge in [0.25, 0.3) is 5.91 Å². The molecule has 0 spiro atoms. The number of thiazole rings is 1. The zero-order valence-electron chi connectivity index (χ0n) is 10.4. The van der Waals surface area contributed by atoms with Gasteiger partial charge in [-0.25, -0.2) is 9.78 Å². The molecule has 2 N–H and O–H groups in total. The molecule has 0 bridgehead atoms. The number of hydrogen-bond acceptors (Lipinski definition) is 5. The molecule has 2 rings (SSSR count). The molecule has 0 saturated heterocycles. The summed E-state index contributed by atoms with van der Waals surface area (Å²) in [6.07, 6.45) is 0. The van der Waals surface area contributed by atoms with Gasteiger partial charge in [-0.05, 0) is 19.4 Å². The predicted molar refractivity (Wildman–Crippen MR) is 74.0 cm³/mol. The summed E-state index contributed by atoms with van der Waals surface area (Å²) in [4.78, 5) is 27.7. The fourth-order valence-electron chi connectivity index (χ4n) is 1.48. The molecule has 0 aromatic carbocycles.